The summed E-state index contributed by atoms with van der Waals surface area (Å²) in [6.45, 7) is 0. The Hall–Kier alpha value is -1.79. The molecule has 0 unspecified atom stereocenters. The zero-order valence-corrected chi connectivity index (χ0v) is 11.3. The topological polar surface area (TPSA) is 48.0 Å². The Morgan fingerprint density at radius 2 is 2.16 bits per heavy atom. The zero-order valence-electron chi connectivity index (χ0n) is 9.67. The number of aromatic nitrogens is 1. The SMILES string of the molecule is NC(=O)c1cc2ccsc2n1Sc1cccc(F)c1. The summed E-state index contributed by atoms with van der Waals surface area (Å²) in [5.41, 5.74) is 5.79. The van der Waals surface area contributed by atoms with E-state index < -0.39 is 5.91 Å². The summed E-state index contributed by atoms with van der Waals surface area (Å²) < 4.78 is 14.9. The smallest absolute Gasteiger partial charge is 0.266 e. The van der Waals surface area contributed by atoms with Crippen LogP contribution in [0.2, 0.25) is 0 Å². The Morgan fingerprint density at radius 1 is 1.32 bits per heavy atom. The van der Waals surface area contributed by atoms with E-state index in [9.17, 15) is 9.18 Å². The van der Waals surface area contributed by atoms with Gasteiger partial charge in [0.25, 0.3) is 5.91 Å². The van der Waals surface area contributed by atoms with Crippen LogP contribution < -0.4 is 5.73 Å². The lowest BCUT2D eigenvalue weighted by Crippen LogP contribution is -2.14. The van der Waals surface area contributed by atoms with E-state index in [1.165, 1.54) is 35.4 Å². The van der Waals surface area contributed by atoms with E-state index in [1.54, 1.807) is 22.2 Å². The van der Waals surface area contributed by atoms with Crippen LogP contribution in [0, 0.1) is 5.82 Å². The Balaban J connectivity index is 2.10. The Bertz CT molecular complexity index is 763. The second-order valence-electron chi connectivity index (χ2n) is 3.92. The normalized spacial score (nSPS) is 11.0. The summed E-state index contributed by atoms with van der Waals surface area (Å²) in [4.78, 5) is 13.1. The summed E-state index contributed by atoms with van der Waals surface area (Å²) >= 11 is 2.80. The van der Waals surface area contributed by atoms with Crippen LogP contribution in [0.1, 0.15) is 10.5 Å². The predicted octanol–water partition coefficient (Wildman–Crippen LogP) is 3.50. The van der Waals surface area contributed by atoms with Gasteiger partial charge >= 0.3 is 0 Å². The first-order valence-corrected chi connectivity index (χ1v) is 7.13. The van der Waals surface area contributed by atoms with Crippen LogP contribution in [0.15, 0.2) is 46.7 Å². The number of thiophene rings is 1. The first-order chi connectivity index (χ1) is 9.15. The average Bonchev–Trinajstić information content (AvgIpc) is 2.92. The lowest BCUT2D eigenvalue weighted by atomic mass is 10.3. The third-order valence-electron chi connectivity index (χ3n) is 2.61. The minimum atomic E-state index is -0.493. The summed E-state index contributed by atoms with van der Waals surface area (Å²) in [7, 11) is 0. The van der Waals surface area contributed by atoms with Gasteiger partial charge in [0.15, 0.2) is 0 Å². The van der Waals surface area contributed by atoms with Crippen LogP contribution in [0.5, 0.6) is 0 Å². The summed E-state index contributed by atoms with van der Waals surface area (Å²) in [6, 6.07) is 9.91. The molecule has 0 fully saturated rings. The molecule has 2 heterocycles. The van der Waals surface area contributed by atoms with E-state index in [1.807, 2.05) is 11.4 Å². The molecule has 0 atom stereocenters. The Kier molecular flexibility index (Phi) is 3.04. The molecule has 3 nitrogen and oxygen atoms in total. The van der Waals surface area contributed by atoms with Gasteiger partial charge in [0.2, 0.25) is 0 Å². The number of primary amides is 1. The number of halogens is 1. The van der Waals surface area contributed by atoms with E-state index in [0.717, 1.165) is 10.2 Å². The predicted molar refractivity (Wildman–Crippen MR) is 76.0 cm³/mol. The lowest BCUT2D eigenvalue weighted by Gasteiger charge is -2.06. The van der Waals surface area contributed by atoms with E-state index in [4.69, 9.17) is 5.73 Å². The molecule has 6 heteroatoms. The lowest BCUT2D eigenvalue weighted by molar-refractivity contribution is 0.0995. The van der Waals surface area contributed by atoms with Crippen LogP contribution in [-0.4, -0.2) is 9.88 Å². The molecule has 0 bridgehead atoms. The molecule has 1 amide bonds. The average molecular weight is 292 g/mol. The highest BCUT2D eigenvalue weighted by atomic mass is 32.2. The van der Waals surface area contributed by atoms with Gasteiger partial charge in [-0.05, 0) is 47.7 Å². The molecule has 96 valence electrons. The molecule has 0 saturated heterocycles. The fraction of sp³-hybridized carbons (Fsp3) is 0. The van der Waals surface area contributed by atoms with Gasteiger partial charge in [-0.2, -0.15) is 0 Å². The summed E-state index contributed by atoms with van der Waals surface area (Å²) in [5, 5.41) is 2.90. The second-order valence-corrected chi connectivity index (χ2v) is 5.83. The number of nitrogens with zero attached hydrogens (tertiary/aromatic N) is 1. The fourth-order valence-corrected chi connectivity index (χ4v) is 3.78. The summed E-state index contributed by atoms with van der Waals surface area (Å²) in [6.07, 6.45) is 0. The van der Waals surface area contributed by atoms with Crippen LogP contribution in [0.3, 0.4) is 0 Å². The molecule has 1 aromatic carbocycles. The number of hydrogen-bond donors (Lipinski definition) is 1. The van der Waals surface area contributed by atoms with Crippen molar-refractivity contribution in [1.29, 1.82) is 0 Å². The first kappa shape index (κ1) is 12.3. The molecule has 3 rings (SSSR count). The van der Waals surface area contributed by atoms with Crippen LogP contribution in [-0.2, 0) is 0 Å². The number of rotatable bonds is 3. The minimum Gasteiger partial charge on any atom is -0.364 e. The van der Waals surface area contributed by atoms with Crippen LogP contribution in [0.4, 0.5) is 4.39 Å². The Labute approximate surface area is 117 Å². The standard InChI is InChI=1S/C13H9FN2OS2/c14-9-2-1-3-10(7-9)19-16-11(12(15)17)6-8-4-5-18-13(8)16/h1-7H,(H2,15,17). The van der Waals surface area contributed by atoms with Gasteiger partial charge in [0, 0.05) is 10.3 Å². The molecule has 0 saturated carbocycles. The highest BCUT2D eigenvalue weighted by Crippen LogP contribution is 2.32. The highest BCUT2D eigenvalue weighted by Gasteiger charge is 2.15. The van der Waals surface area contributed by atoms with Gasteiger partial charge in [-0.25, -0.2) is 4.39 Å². The molecular formula is C13H9FN2OS2. The number of hydrogen-bond acceptors (Lipinski definition) is 3. The van der Waals surface area contributed by atoms with E-state index >= 15 is 0 Å². The van der Waals surface area contributed by atoms with Crippen molar-refractivity contribution in [2.75, 3.05) is 0 Å². The van der Waals surface area contributed by atoms with Crippen molar-refractivity contribution in [1.82, 2.24) is 3.97 Å². The third-order valence-corrected chi connectivity index (χ3v) is 4.67. The molecular weight excluding hydrogens is 283 g/mol. The monoisotopic (exact) mass is 292 g/mol. The van der Waals surface area contributed by atoms with Crippen molar-refractivity contribution >= 4 is 39.4 Å². The van der Waals surface area contributed by atoms with Gasteiger partial charge in [-0.15, -0.1) is 11.3 Å². The number of carbonyl (C=O) groups is 1. The minimum absolute atomic E-state index is 0.305. The Morgan fingerprint density at radius 3 is 2.89 bits per heavy atom. The largest absolute Gasteiger partial charge is 0.364 e. The van der Waals surface area contributed by atoms with Gasteiger partial charge < -0.3 is 5.73 Å². The van der Waals surface area contributed by atoms with Gasteiger partial charge in [0.1, 0.15) is 16.3 Å². The number of carbonyl (C=O) groups excluding carboxylic acids is 1. The van der Waals surface area contributed by atoms with E-state index in [-0.39, 0.29) is 5.82 Å². The zero-order chi connectivity index (χ0) is 13.4. The van der Waals surface area contributed by atoms with Gasteiger partial charge in [-0.3, -0.25) is 8.77 Å². The molecule has 0 spiro atoms. The van der Waals surface area contributed by atoms with Crippen molar-refractivity contribution in [2.45, 2.75) is 4.90 Å². The molecule has 0 aliphatic rings. The van der Waals surface area contributed by atoms with Gasteiger partial charge in [-0.1, -0.05) is 6.07 Å². The maximum absolute atomic E-state index is 13.2. The number of benzene rings is 1. The fourth-order valence-electron chi connectivity index (χ4n) is 1.79. The first-order valence-electron chi connectivity index (χ1n) is 5.48. The molecule has 2 aromatic heterocycles. The summed E-state index contributed by atoms with van der Waals surface area (Å²) in [5.74, 6) is -0.799. The van der Waals surface area contributed by atoms with E-state index in [2.05, 4.69) is 0 Å². The second kappa shape index (κ2) is 4.71. The van der Waals surface area contributed by atoms with Crippen molar-refractivity contribution < 1.29 is 9.18 Å². The molecule has 0 aliphatic heterocycles. The van der Waals surface area contributed by atoms with Crippen LogP contribution >= 0.6 is 23.3 Å². The van der Waals surface area contributed by atoms with Gasteiger partial charge in [0.05, 0.1) is 0 Å². The third kappa shape index (κ3) is 2.24. The van der Waals surface area contributed by atoms with E-state index in [0.29, 0.717) is 10.6 Å². The number of fused-ring (bicyclic) bond motifs is 1. The highest BCUT2D eigenvalue weighted by molar-refractivity contribution is 7.98. The molecule has 2 N–H and O–H groups in total. The van der Waals surface area contributed by atoms with Crippen molar-refractivity contribution in [3.8, 4) is 0 Å². The molecule has 3 aromatic rings. The quantitative estimate of drug-likeness (QED) is 0.803. The van der Waals surface area contributed by atoms with Crippen molar-refractivity contribution in [2.24, 2.45) is 5.73 Å². The maximum Gasteiger partial charge on any atom is 0.266 e. The number of nitrogens with two attached hydrogens (primary N) is 1. The maximum atomic E-state index is 13.2. The molecule has 19 heavy (non-hydrogen) atoms. The number of amides is 1. The van der Waals surface area contributed by atoms with Crippen molar-refractivity contribution in [3.63, 3.8) is 0 Å². The molecule has 0 radical (unpaired) electrons. The molecule has 0 aliphatic carbocycles. The van der Waals surface area contributed by atoms with Crippen LogP contribution in [0.25, 0.3) is 10.2 Å². The van der Waals surface area contributed by atoms with Crippen molar-refractivity contribution in [3.05, 3.63) is 53.3 Å².